The van der Waals surface area contributed by atoms with E-state index in [4.69, 9.17) is 4.98 Å². The van der Waals surface area contributed by atoms with Gasteiger partial charge in [0.05, 0.1) is 13.8 Å². The number of pyridine rings is 1. The van der Waals surface area contributed by atoms with E-state index in [1.165, 1.54) is 27.4 Å². The van der Waals surface area contributed by atoms with Crippen LogP contribution < -0.4 is 5.19 Å². The third-order valence-electron chi connectivity index (χ3n) is 4.44. The molecule has 0 atom stereocenters. The van der Waals surface area contributed by atoms with E-state index in [-0.39, 0.29) is 0 Å². The van der Waals surface area contributed by atoms with Gasteiger partial charge >= 0.3 is 0 Å². The average molecular weight is 332 g/mol. The first-order valence-corrected chi connectivity index (χ1v) is 12.1. The topological polar surface area (TPSA) is 12.9 Å². The first kappa shape index (κ1) is 16.7. The Morgan fingerprint density at radius 1 is 0.792 bits per heavy atom. The molecule has 0 aliphatic heterocycles. The molecule has 122 valence electrons. The van der Waals surface area contributed by atoms with Crippen LogP contribution in [0, 0.1) is 0 Å². The maximum absolute atomic E-state index is 4.79. The van der Waals surface area contributed by atoms with Gasteiger partial charge in [-0.15, -0.1) is 0 Å². The van der Waals surface area contributed by atoms with Crippen LogP contribution in [0.3, 0.4) is 0 Å². The van der Waals surface area contributed by atoms with Gasteiger partial charge in [0.25, 0.3) is 0 Å². The molecule has 0 aliphatic rings. The van der Waals surface area contributed by atoms with Crippen molar-refractivity contribution in [3.63, 3.8) is 0 Å². The van der Waals surface area contributed by atoms with Crippen LogP contribution in [0.2, 0.25) is 19.6 Å². The van der Waals surface area contributed by atoms with Crippen molar-refractivity contribution in [2.24, 2.45) is 0 Å². The molecule has 0 fully saturated rings. The molecule has 1 nitrogen and oxygen atoms in total. The number of benzene rings is 2. The van der Waals surface area contributed by atoms with Crippen molar-refractivity contribution in [1.82, 2.24) is 4.98 Å². The summed E-state index contributed by atoms with van der Waals surface area (Å²) in [4.78, 5) is 4.79. The zero-order valence-corrected chi connectivity index (χ0v) is 16.0. The van der Waals surface area contributed by atoms with Gasteiger partial charge in [-0.05, 0) is 40.4 Å². The van der Waals surface area contributed by atoms with Crippen LogP contribution in [-0.4, -0.2) is 13.1 Å². The minimum absolute atomic E-state index is 1.06. The van der Waals surface area contributed by atoms with E-state index >= 15 is 0 Å². The molecule has 24 heavy (non-hydrogen) atoms. The van der Waals surface area contributed by atoms with Crippen LogP contribution in [-0.2, 0) is 6.42 Å². The van der Waals surface area contributed by atoms with Crippen molar-refractivity contribution < 1.29 is 0 Å². The quantitative estimate of drug-likeness (QED) is 0.573. The van der Waals surface area contributed by atoms with Gasteiger partial charge in [-0.3, -0.25) is 4.98 Å². The molecular weight excluding hydrogens is 306 g/mol. The monoisotopic (exact) mass is 331 g/mol. The van der Waals surface area contributed by atoms with E-state index in [0.717, 1.165) is 12.1 Å². The molecule has 3 aromatic rings. The lowest BCUT2D eigenvalue weighted by molar-refractivity contribution is 1.13. The Morgan fingerprint density at radius 3 is 2.12 bits per heavy atom. The minimum Gasteiger partial charge on any atom is -0.256 e. The van der Waals surface area contributed by atoms with Crippen LogP contribution in [0.5, 0.6) is 0 Å². The van der Waals surface area contributed by atoms with Crippen molar-refractivity contribution in [1.29, 1.82) is 0 Å². The van der Waals surface area contributed by atoms with Crippen molar-refractivity contribution in [3.8, 4) is 22.4 Å². The highest BCUT2D eigenvalue weighted by Crippen LogP contribution is 2.25. The van der Waals surface area contributed by atoms with E-state index in [1.54, 1.807) is 0 Å². The van der Waals surface area contributed by atoms with Gasteiger partial charge in [-0.25, -0.2) is 0 Å². The summed E-state index contributed by atoms with van der Waals surface area (Å²) >= 11 is 0. The molecule has 1 aromatic heterocycles. The maximum atomic E-state index is 4.79. The highest BCUT2D eigenvalue weighted by atomic mass is 28.3. The van der Waals surface area contributed by atoms with Gasteiger partial charge in [0, 0.05) is 11.8 Å². The first-order chi connectivity index (χ1) is 11.5. The van der Waals surface area contributed by atoms with E-state index in [1.807, 2.05) is 0 Å². The number of hydrogen-bond donors (Lipinski definition) is 0. The summed E-state index contributed by atoms with van der Waals surface area (Å²) in [6, 6.07) is 21.5. The first-order valence-electron chi connectivity index (χ1n) is 8.64. The Balaban J connectivity index is 2.04. The fourth-order valence-corrected chi connectivity index (χ4v) is 4.78. The lowest BCUT2D eigenvalue weighted by Gasteiger charge is -2.20. The summed E-state index contributed by atoms with van der Waals surface area (Å²) in [5.41, 5.74) is 6.19. The molecule has 0 aliphatic carbocycles. The SMILES string of the molecule is CCc1cc(-c2cccc(-c3ccccc3)c2)ncc1[Si](C)(C)C. The van der Waals surface area contributed by atoms with E-state index in [0.29, 0.717) is 0 Å². The van der Waals surface area contributed by atoms with Crippen LogP contribution >= 0.6 is 0 Å². The second-order valence-electron chi connectivity index (χ2n) is 7.28. The lowest BCUT2D eigenvalue weighted by Crippen LogP contribution is -2.40. The molecule has 2 aromatic carbocycles. The molecule has 0 radical (unpaired) electrons. The predicted molar refractivity (Wildman–Crippen MR) is 107 cm³/mol. The smallest absolute Gasteiger partial charge is 0.0799 e. The van der Waals surface area contributed by atoms with Crippen molar-refractivity contribution in [2.45, 2.75) is 33.0 Å². The standard InChI is InChI=1S/C22H25NSi/c1-5-17-15-21(23-16-22(17)24(2,3)4)20-13-9-12-19(14-20)18-10-7-6-8-11-18/h6-16H,5H2,1-4H3. The predicted octanol–water partition coefficient (Wildman–Crippen LogP) is 5.52. The Bertz CT molecular complexity index is 832. The second kappa shape index (κ2) is 6.74. The second-order valence-corrected chi connectivity index (χ2v) is 12.3. The molecular formula is C22H25NSi. The zero-order chi connectivity index (χ0) is 17.2. The molecule has 0 saturated carbocycles. The number of nitrogens with zero attached hydrogens (tertiary/aromatic N) is 1. The molecule has 0 spiro atoms. The normalized spacial score (nSPS) is 11.5. The summed E-state index contributed by atoms with van der Waals surface area (Å²) in [5.74, 6) is 0. The lowest BCUT2D eigenvalue weighted by atomic mass is 10.0. The van der Waals surface area contributed by atoms with Crippen LogP contribution in [0.4, 0.5) is 0 Å². The Kier molecular flexibility index (Phi) is 4.68. The van der Waals surface area contributed by atoms with Crippen LogP contribution in [0.25, 0.3) is 22.4 Å². The summed E-state index contributed by atoms with van der Waals surface area (Å²) in [6.45, 7) is 9.40. The summed E-state index contributed by atoms with van der Waals surface area (Å²) in [5, 5.41) is 1.48. The number of aromatic nitrogens is 1. The third kappa shape index (κ3) is 3.49. The molecule has 0 N–H and O–H groups in total. The number of rotatable bonds is 4. The molecule has 3 rings (SSSR count). The van der Waals surface area contributed by atoms with Gasteiger partial charge in [0.1, 0.15) is 0 Å². The highest BCUT2D eigenvalue weighted by molar-refractivity contribution is 6.89. The molecule has 0 amide bonds. The molecule has 0 saturated heterocycles. The van der Waals surface area contributed by atoms with Gasteiger partial charge in [-0.2, -0.15) is 0 Å². The third-order valence-corrected chi connectivity index (χ3v) is 6.51. The number of hydrogen-bond acceptors (Lipinski definition) is 1. The fraction of sp³-hybridized carbons (Fsp3) is 0.227. The van der Waals surface area contributed by atoms with Gasteiger partial charge in [0.15, 0.2) is 0 Å². The summed E-state index contributed by atoms with van der Waals surface area (Å²) < 4.78 is 0. The van der Waals surface area contributed by atoms with Crippen LogP contribution in [0.1, 0.15) is 12.5 Å². The van der Waals surface area contributed by atoms with Gasteiger partial charge in [-0.1, -0.05) is 75.1 Å². The zero-order valence-electron chi connectivity index (χ0n) is 15.0. The fourth-order valence-electron chi connectivity index (χ4n) is 3.11. The number of aryl methyl sites for hydroxylation is 1. The van der Waals surface area contributed by atoms with E-state index < -0.39 is 8.07 Å². The van der Waals surface area contributed by atoms with Crippen LogP contribution in [0.15, 0.2) is 66.9 Å². The Labute approximate surface area is 146 Å². The Hall–Kier alpha value is -2.19. The Morgan fingerprint density at radius 2 is 1.46 bits per heavy atom. The maximum Gasteiger partial charge on any atom is 0.0799 e. The van der Waals surface area contributed by atoms with Gasteiger partial charge in [0.2, 0.25) is 0 Å². The summed E-state index contributed by atoms with van der Waals surface area (Å²) in [7, 11) is -1.35. The van der Waals surface area contributed by atoms with Crippen molar-refractivity contribution >= 4 is 13.3 Å². The summed E-state index contributed by atoms with van der Waals surface area (Å²) in [6.07, 6.45) is 3.18. The largest absolute Gasteiger partial charge is 0.256 e. The minimum atomic E-state index is -1.35. The van der Waals surface area contributed by atoms with Gasteiger partial charge < -0.3 is 0 Å². The average Bonchev–Trinajstić information content (AvgIpc) is 2.61. The highest BCUT2D eigenvalue weighted by Gasteiger charge is 2.20. The molecule has 1 heterocycles. The molecule has 2 heteroatoms. The molecule has 0 bridgehead atoms. The molecule has 0 unspecified atom stereocenters. The van der Waals surface area contributed by atoms with Crippen molar-refractivity contribution in [2.75, 3.05) is 0 Å². The van der Waals surface area contributed by atoms with E-state index in [2.05, 4.69) is 93.4 Å². The van der Waals surface area contributed by atoms with Crippen molar-refractivity contribution in [3.05, 3.63) is 72.4 Å². The van der Waals surface area contributed by atoms with E-state index in [9.17, 15) is 0 Å².